The predicted octanol–water partition coefficient (Wildman–Crippen LogP) is 4.27. The fourth-order valence-electron chi connectivity index (χ4n) is 2.13. The zero-order valence-corrected chi connectivity index (χ0v) is 15.6. The molecular weight excluding hydrogens is 405 g/mol. The molecule has 0 saturated heterocycles. The molecule has 0 radical (unpaired) electrons. The largest absolute Gasteiger partial charge is 0.332 e. The molecule has 0 fully saturated rings. The molecule has 0 aromatic heterocycles. The number of para-hydroxylation sites is 1. The molecule has 2 amide bonds. The van der Waals surface area contributed by atoms with Gasteiger partial charge in [-0.25, -0.2) is 0 Å². The molecule has 2 aromatic carbocycles. The number of carbonyl (C=O) groups is 2. The molecule has 0 spiro atoms. The van der Waals surface area contributed by atoms with Crippen molar-refractivity contribution in [1.29, 1.82) is 0 Å². The molecule has 1 N–H and O–H groups in total. The number of amides is 2. The van der Waals surface area contributed by atoms with Crippen LogP contribution in [0.15, 0.2) is 36.4 Å². The summed E-state index contributed by atoms with van der Waals surface area (Å²) in [6, 6.07) is 8.40. The van der Waals surface area contributed by atoms with Gasteiger partial charge < -0.3 is 10.2 Å². The summed E-state index contributed by atoms with van der Waals surface area (Å²) in [4.78, 5) is 36.0. The van der Waals surface area contributed by atoms with Crippen molar-refractivity contribution in [2.45, 2.75) is 0 Å². The molecule has 136 valence electrons. The van der Waals surface area contributed by atoms with Crippen LogP contribution in [0.2, 0.25) is 15.1 Å². The van der Waals surface area contributed by atoms with Crippen molar-refractivity contribution in [3.63, 3.8) is 0 Å². The minimum atomic E-state index is -0.712. The smallest absolute Gasteiger partial charge is 0.283 e. The van der Waals surface area contributed by atoms with Crippen LogP contribution in [0.5, 0.6) is 0 Å². The number of halogens is 3. The first-order valence-corrected chi connectivity index (χ1v) is 8.27. The number of nitro groups is 1. The first kappa shape index (κ1) is 20.0. The van der Waals surface area contributed by atoms with Gasteiger partial charge in [0.25, 0.3) is 11.6 Å². The van der Waals surface area contributed by atoms with E-state index in [0.717, 1.165) is 11.0 Å². The van der Waals surface area contributed by atoms with Gasteiger partial charge in [0.1, 0.15) is 5.56 Å². The SMILES string of the molecule is CN(CC(=O)Nc1c(Cl)cccc1Cl)C(=O)c1ccc(Cl)cc1[N+](=O)[O-]. The summed E-state index contributed by atoms with van der Waals surface area (Å²) in [7, 11) is 1.34. The minimum Gasteiger partial charge on any atom is -0.332 e. The number of hydrogen-bond acceptors (Lipinski definition) is 4. The van der Waals surface area contributed by atoms with E-state index in [-0.39, 0.29) is 32.9 Å². The summed E-state index contributed by atoms with van der Waals surface area (Å²) in [6.45, 7) is -0.361. The summed E-state index contributed by atoms with van der Waals surface area (Å²) in [6.07, 6.45) is 0. The summed E-state index contributed by atoms with van der Waals surface area (Å²) in [5.41, 5.74) is -0.395. The van der Waals surface area contributed by atoms with Gasteiger partial charge in [-0.2, -0.15) is 0 Å². The van der Waals surface area contributed by atoms with E-state index in [1.54, 1.807) is 18.2 Å². The lowest BCUT2D eigenvalue weighted by Crippen LogP contribution is -2.35. The molecule has 26 heavy (non-hydrogen) atoms. The van der Waals surface area contributed by atoms with Crippen molar-refractivity contribution in [2.75, 3.05) is 18.9 Å². The van der Waals surface area contributed by atoms with Crippen LogP contribution in [0.3, 0.4) is 0 Å². The van der Waals surface area contributed by atoms with Crippen LogP contribution >= 0.6 is 34.8 Å². The van der Waals surface area contributed by atoms with Crippen LogP contribution in [0, 0.1) is 10.1 Å². The highest BCUT2D eigenvalue weighted by molar-refractivity contribution is 6.39. The first-order valence-electron chi connectivity index (χ1n) is 7.14. The zero-order valence-electron chi connectivity index (χ0n) is 13.3. The Kier molecular flexibility index (Phi) is 6.42. The van der Waals surface area contributed by atoms with Crippen molar-refractivity contribution < 1.29 is 14.5 Å². The number of rotatable bonds is 5. The lowest BCUT2D eigenvalue weighted by atomic mass is 10.1. The Hall–Kier alpha value is -2.35. The van der Waals surface area contributed by atoms with Crippen LogP contribution in [-0.2, 0) is 4.79 Å². The van der Waals surface area contributed by atoms with Crippen molar-refractivity contribution in [3.8, 4) is 0 Å². The Morgan fingerprint density at radius 1 is 1.15 bits per heavy atom. The number of nitrogens with zero attached hydrogens (tertiary/aromatic N) is 2. The maximum absolute atomic E-state index is 12.4. The zero-order chi connectivity index (χ0) is 19.4. The molecule has 10 heteroatoms. The van der Waals surface area contributed by atoms with Crippen molar-refractivity contribution in [2.24, 2.45) is 0 Å². The average molecular weight is 417 g/mol. The highest BCUT2D eigenvalue weighted by atomic mass is 35.5. The molecule has 0 atom stereocenters. The van der Waals surface area contributed by atoms with Crippen LogP contribution in [-0.4, -0.2) is 35.2 Å². The van der Waals surface area contributed by atoms with Crippen molar-refractivity contribution in [1.82, 2.24) is 4.90 Å². The fourth-order valence-corrected chi connectivity index (χ4v) is 2.78. The molecule has 0 aliphatic rings. The predicted molar refractivity (Wildman–Crippen MR) is 100 cm³/mol. The third-order valence-electron chi connectivity index (χ3n) is 3.34. The molecule has 2 rings (SSSR count). The number of nitro benzene ring substituents is 1. The Labute approximate surface area is 163 Å². The summed E-state index contributed by atoms with van der Waals surface area (Å²) in [5, 5.41) is 14.2. The summed E-state index contributed by atoms with van der Waals surface area (Å²) < 4.78 is 0. The molecule has 0 aliphatic carbocycles. The molecule has 0 aliphatic heterocycles. The maximum Gasteiger partial charge on any atom is 0.283 e. The van der Waals surface area contributed by atoms with E-state index < -0.39 is 22.4 Å². The van der Waals surface area contributed by atoms with Gasteiger partial charge in [0.2, 0.25) is 5.91 Å². The van der Waals surface area contributed by atoms with Crippen LogP contribution < -0.4 is 5.32 Å². The van der Waals surface area contributed by atoms with E-state index in [4.69, 9.17) is 34.8 Å². The molecule has 2 aromatic rings. The topological polar surface area (TPSA) is 92.6 Å². The van der Waals surface area contributed by atoms with Gasteiger partial charge in [-0.1, -0.05) is 40.9 Å². The fraction of sp³-hybridized carbons (Fsp3) is 0.125. The lowest BCUT2D eigenvalue weighted by molar-refractivity contribution is -0.385. The number of carbonyl (C=O) groups excluding carboxylic acids is 2. The summed E-state index contributed by atoms with van der Waals surface area (Å²) in [5.74, 6) is -1.26. The molecule has 0 unspecified atom stereocenters. The Morgan fingerprint density at radius 2 is 1.77 bits per heavy atom. The lowest BCUT2D eigenvalue weighted by Gasteiger charge is -2.17. The van der Waals surface area contributed by atoms with Crippen LogP contribution in [0.1, 0.15) is 10.4 Å². The quantitative estimate of drug-likeness (QED) is 0.582. The monoisotopic (exact) mass is 415 g/mol. The minimum absolute atomic E-state index is 0.127. The Bertz CT molecular complexity index is 869. The summed E-state index contributed by atoms with van der Waals surface area (Å²) >= 11 is 17.7. The van der Waals surface area contributed by atoms with Gasteiger partial charge in [0, 0.05) is 18.1 Å². The van der Waals surface area contributed by atoms with Crippen LogP contribution in [0.25, 0.3) is 0 Å². The number of nitrogens with one attached hydrogen (secondary N) is 1. The van der Waals surface area contributed by atoms with E-state index in [1.807, 2.05) is 0 Å². The van der Waals surface area contributed by atoms with Gasteiger partial charge in [-0.3, -0.25) is 19.7 Å². The number of likely N-dealkylation sites (N-methyl/N-ethyl adjacent to an activating group) is 1. The second kappa shape index (κ2) is 8.35. The second-order valence-electron chi connectivity index (χ2n) is 5.22. The van der Waals surface area contributed by atoms with E-state index in [2.05, 4.69) is 5.32 Å². The number of anilines is 1. The van der Waals surface area contributed by atoms with Gasteiger partial charge in [-0.15, -0.1) is 0 Å². The van der Waals surface area contributed by atoms with Gasteiger partial charge in [-0.05, 0) is 24.3 Å². The van der Waals surface area contributed by atoms with Crippen LogP contribution in [0.4, 0.5) is 11.4 Å². The first-order chi connectivity index (χ1) is 12.2. The van der Waals surface area contributed by atoms with Crippen molar-refractivity contribution >= 4 is 58.0 Å². The third-order valence-corrected chi connectivity index (χ3v) is 4.21. The van der Waals surface area contributed by atoms with Gasteiger partial charge in [0.05, 0.1) is 27.2 Å². The Morgan fingerprint density at radius 3 is 2.35 bits per heavy atom. The van der Waals surface area contributed by atoms with Crippen molar-refractivity contribution in [3.05, 3.63) is 67.1 Å². The highest BCUT2D eigenvalue weighted by Crippen LogP contribution is 2.30. The highest BCUT2D eigenvalue weighted by Gasteiger charge is 2.24. The molecular formula is C16H12Cl3N3O4. The second-order valence-corrected chi connectivity index (χ2v) is 6.48. The Balaban J connectivity index is 2.15. The third kappa shape index (κ3) is 4.63. The normalized spacial score (nSPS) is 10.3. The molecule has 0 saturated carbocycles. The number of hydrogen-bond donors (Lipinski definition) is 1. The number of benzene rings is 2. The van der Waals surface area contributed by atoms with E-state index in [9.17, 15) is 19.7 Å². The van der Waals surface area contributed by atoms with Gasteiger partial charge in [0.15, 0.2) is 0 Å². The standard InChI is InChI=1S/C16H12Cl3N3O4/c1-21(8-14(23)20-15-11(18)3-2-4-12(15)19)16(24)10-6-5-9(17)7-13(10)22(25)26/h2-7H,8H2,1H3,(H,20,23). The molecule has 7 nitrogen and oxygen atoms in total. The van der Waals surface area contributed by atoms with Gasteiger partial charge >= 0.3 is 0 Å². The average Bonchev–Trinajstić information content (AvgIpc) is 2.57. The molecule has 0 heterocycles. The van der Waals surface area contributed by atoms with E-state index in [0.29, 0.717) is 0 Å². The molecule has 0 bridgehead atoms. The van der Waals surface area contributed by atoms with E-state index in [1.165, 1.54) is 19.2 Å². The maximum atomic E-state index is 12.4. The van der Waals surface area contributed by atoms with E-state index >= 15 is 0 Å².